The Morgan fingerprint density at radius 1 is 1.10 bits per heavy atom. The van der Waals surface area contributed by atoms with Crippen LogP contribution in [0, 0.1) is 0 Å². The summed E-state index contributed by atoms with van der Waals surface area (Å²) < 4.78 is 19.6. The van der Waals surface area contributed by atoms with Crippen LogP contribution < -0.4 is 10.5 Å². The van der Waals surface area contributed by atoms with Gasteiger partial charge in [0.15, 0.2) is 5.82 Å². The van der Waals surface area contributed by atoms with Gasteiger partial charge in [-0.05, 0) is 37.4 Å². The quantitative estimate of drug-likeness (QED) is 0.214. The maximum absolute atomic E-state index is 11.5. The first-order valence-corrected chi connectivity index (χ1v) is 18.3. The van der Waals surface area contributed by atoms with Crippen molar-refractivity contribution in [2.75, 3.05) is 32.0 Å². The second kappa shape index (κ2) is 13.4. The van der Waals surface area contributed by atoms with E-state index in [1.165, 1.54) is 5.56 Å². The number of hydrogen-bond donors (Lipinski definition) is 2. The fraction of sp³-hybridized carbons (Fsp3) is 0.600. The van der Waals surface area contributed by atoms with E-state index < -0.39 is 14.2 Å². The van der Waals surface area contributed by atoms with Gasteiger partial charge in [0.1, 0.15) is 23.9 Å². The molecular formula is C30H47N5O4Si. The van der Waals surface area contributed by atoms with Crippen molar-refractivity contribution in [2.45, 2.75) is 90.9 Å². The highest BCUT2D eigenvalue weighted by atomic mass is 28.3. The zero-order chi connectivity index (χ0) is 28.9. The summed E-state index contributed by atoms with van der Waals surface area (Å²) in [6.07, 6.45) is 3.36. The maximum atomic E-state index is 11.5. The summed E-state index contributed by atoms with van der Waals surface area (Å²) in [5.41, 5.74) is 10.3. The molecule has 220 valence electrons. The number of aromatic nitrogens is 3. The molecule has 9 nitrogen and oxygen atoms in total. The van der Waals surface area contributed by atoms with Crippen LogP contribution in [-0.2, 0) is 22.7 Å². The van der Waals surface area contributed by atoms with Gasteiger partial charge in [-0.25, -0.2) is 0 Å². The Morgan fingerprint density at radius 2 is 1.80 bits per heavy atom. The van der Waals surface area contributed by atoms with Crippen LogP contribution in [0.4, 0.5) is 5.82 Å². The Hall–Kier alpha value is -2.50. The number of nitrogens with zero attached hydrogens (tertiary/aromatic N) is 4. The molecule has 1 saturated heterocycles. The Kier molecular flexibility index (Phi) is 10.2. The lowest BCUT2D eigenvalue weighted by molar-refractivity contribution is -0.0704. The average Bonchev–Trinajstić information content (AvgIpc) is 3.24. The molecule has 0 aliphatic carbocycles. The van der Waals surface area contributed by atoms with Crippen molar-refractivity contribution in [2.24, 2.45) is 0 Å². The zero-order valence-electron chi connectivity index (χ0n) is 25.0. The number of aliphatic hydroxyl groups excluding tert-OH is 1. The molecule has 0 amide bonds. The molecule has 3 heterocycles. The number of unbranched alkanes of at least 4 members (excludes halogenated alkanes) is 1. The highest BCUT2D eigenvalue weighted by Crippen LogP contribution is 2.33. The SMILES string of the molecule is CCCCOc1nc(N)c2c(n1)c(C(O)c1ccc(CN3CC(C)OC(C)C3)cc1)cn2COCC[Si](C)(C)C. The summed E-state index contributed by atoms with van der Waals surface area (Å²) in [6, 6.07) is 9.45. The molecule has 3 aromatic rings. The summed E-state index contributed by atoms with van der Waals surface area (Å²) in [7, 11) is -1.22. The van der Waals surface area contributed by atoms with Crippen LogP contribution in [-0.4, -0.2) is 71.1 Å². The van der Waals surface area contributed by atoms with Gasteiger partial charge in [-0.2, -0.15) is 9.97 Å². The van der Waals surface area contributed by atoms with Crippen molar-refractivity contribution in [3.63, 3.8) is 0 Å². The fourth-order valence-corrected chi connectivity index (χ4v) is 5.86. The Balaban J connectivity index is 1.57. The lowest BCUT2D eigenvalue weighted by atomic mass is 10.0. The summed E-state index contributed by atoms with van der Waals surface area (Å²) in [5, 5.41) is 11.5. The minimum Gasteiger partial charge on any atom is -0.463 e. The first-order valence-electron chi connectivity index (χ1n) is 14.6. The largest absolute Gasteiger partial charge is 0.463 e. The highest BCUT2D eigenvalue weighted by molar-refractivity contribution is 6.76. The molecular weight excluding hydrogens is 522 g/mol. The van der Waals surface area contributed by atoms with Crippen LogP contribution in [0.25, 0.3) is 11.0 Å². The van der Waals surface area contributed by atoms with Gasteiger partial charge < -0.3 is 29.6 Å². The van der Waals surface area contributed by atoms with E-state index in [9.17, 15) is 5.11 Å². The summed E-state index contributed by atoms with van der Waals surface area (Å²) in [5.74, 6) is 0.313. The van der Waals surface area contributed by atoms with E-state index in [0.29, 0.717) is 42.4 Å². The summed E-state index contributed by atoms with van der Waals surface area (Å²) in [6.45, 7) is 17.5. The van der Waals surface area contributed by atoms with Crippen LogP contribution in [0.2, 0.25) is 25.7 Å². The monoisotopic (exact) mass is 569 g/mol. The third-order valence-electron chi connectivity index (χ3n) is 7.19. The predicted octanol–water partition coefficient (Wildman–Crippen LogP) is 5.20. The smallest absolute Gasteiger partial charge is 0.319 e. The maximum Gasteiger partial charge on any atom is 0.319 e. The lowest BCUT2D eigenvalue weighted by Gasteiger charge is -2.35. The molecule has 0 bridgehead atoms. The fourth-order valence-electron chi connectivity index (χ4n) is 5.10. The van der Waals surface area contributed by atoms with Crippen molar-refractivity contribution < 1.29 is 19.3 Å². The van der Waals surface area contributed by atoms with Gasteiger partial charge in [0.05, 0.1) is 18.8 Å². The van der Waals surface area contributed by atoms with Crippen molar-refractivity contribution in [1.29, 1.82) is 0 Å². The molecule has 4 rings (SSSR count). The average molecular weight is 570 g/mol. The molecule has 1 aliphatic heterocycles. The van der Waals surface area contributed by atoms with E-state index in [4.69, 9.17) is 24.9 Å². The van der Waals surface area contributed by atoms with Crippen molar-refractivity contribution in [3.05, 3.63) is 47.2 Å². The third-order valence-corrected chi connectivity index (χ3v) is 8.90. The van der Waals surface area contributed by atoms with Crippen molar-refractivity contribution in [3.8, 4) is 6.01 Å². The van der Waals surface area contributed by atoms with E-state index in [1.54, 1.807) is 0 Å². The molecule has 1 fully saturated rings. The number of benzene rings is 1. The molecule has 0 saturated carbocycles. The van der Waals surface area contributed by atoms with Gasteiger partial charge in [-0.1, -0.05) is 57.3 Å². The summed E-state index contributed by atoms with van der Waals surface area (Å²) in [4.78, 5) is 11.5. The summed E-state index contributed by atoms with van der Waals surface area (Å²) >= 11 is 0. The number of ether oxygens (including phenoxy) is 3. The molecule has 2 aromatic heterocycles. The highest BCUT2D eigenvalue weighted by Gasteiger charge is 2.24. The number of rotatable bonds is 13. The van der Waals surface area contributed by atoms with E-state index in [-0.39, 0.29) is 18.2 Å². The zero-order valence-corrected chi connectivity index (χ0v) is 26.0. The van der Waals surface area contributed by atoms with Gasteiger partial charge in [0.2, 0.25) is 0 Å². The van der Waals surface area contributed by atoms with Crippen molar-refractivity contribution in [1.82, 2.24) is 19.4 Å². The molecule has 1 aliphatic rings. The normalized spacial score (nSPS) is 19.3. The number of anilines is 1. The molecule has 3 N–H and O–H groups in total. The van der Waals surface area contributed by atoms with Crippen LogP contribution in [0.15, 0.2) is 30.5 Å². The standard InChI is InChI=1S/C30H47N5O4Si/c1-7-8-13-38-30-32-26-25(19-35(27(26)29(31)33-30)20-37-14-15-40(4,5)6)28(36)24-11-9-23(10-12-24)18-34-16-21(2)39-22(3)17-34/h9-12,19,21-22,28,36H,7-8,13-18,20H2,1-6H3,(H2,31,32,33). The molecule has 40 heavy (non-hydrogen) atoms. The number of aliphatic hydroxyl groups is 1. The minimum absolute atomic E-state index is 0.229. The third kappa shape index (κ3) is 8.04. The Labute approximate surface area is 239 Å². The van der Waals surface area contributed by atoms with Gasteiger partial charge in [0.25, 0.3) is 0 Å². The van der Waals surface area contributed by atoms with Crippen molar-refractivity contribution >= 4 is 24.9 Å². The van der Waals surface area contributed by atoms with Gasteiger partial charge in [0, 0.05) is 46.1 Å². The van der Waals surface area contributed by atoms with Crippen LogP contribution in [0.1, 0.15) is 56.4 Å². The van der Waals surface area contributed by atoms with E-state index in [0.717, 1.165) is 44.1 Å². The molecule has 1 aromatic carbocycles. The van der Waals surface area contributed by atoms with Crippen LogP contribution in [0.5, 0.6) is 6.01 Å². The molecule has 3 atom stereocenters. The molecule has 3 unspecified atom stereocenters. The number of hydrogen-bond acceptors (Lipinski definition) is 8. The van der Waals surface area contributed by atoms with E-state index in [2.05, 4.69) is 62.4 Å². The first kappa shape index (κ1) is 30.5. The number of nitrogens with two attached hydrogens (primary N) is 1. The van der Waals surface area contributed by atoms with E-state index in [1.807, 2.05) is 22.9 Å². The molecule has 0 radical (unpaired) electrons. The topological polar surface area (TPSA) is 108 Å². The number of nitrogen functional groups attached to an aromatic ring is 1. The predicted molar refractivity (Wildman–Crippen MR) is 162 cm³/mol. The second-order valence-corrected chi connectivity index (χ2v) is 17.9. The number of morpholine rings is 1. The lowest BCUT2D eigenvalue weighted by Crippen LogP contribution is -2.44. The van der Waals surface area contributed by atoms with Gasteiger partial charge in [-0.3, -0.25) is 4.90 Å². The minimum atomic E-state index is -1.22. The number of fused-ring (bicyclic) bond motifs is 1. The Bertz CT molecular complexity index is 1230. The molecule has 10 heteroatoms. The molecule has 0 spiro atoms. The second-order valence-electron chi connectivity index (χ2n) is 12.3. The van der Waals surface area contributed by atoms with E-state index >= 15 is 0 Å². The van der Waals surface area contributed by atoms with Crippen LogP contribution in [0.3, 0.4) is 0 Å². The Morgan fingerprint density at radius 3 is 2.45 bits per heavy atom. The van der Waals surface area contributed by atoms with Crippen LogP contribution >= 0.6 is 0 Å². The first-order chi connectivity index (χ1) is 19.0. The van der Waals surface area contributed by atoms with Gasteiger partial charge in [-0.15, -0.1) is 0 Å². The van der Waals surface area contributed by atoms with Gasteiger partial charge >= 0.3 is 6.01 Å².